The van der Waals surface area contributed by atoms with Crippen LogP contribution in [0.4, 0.5) is 5.82 Å². The van der Waals surface area contributed by atoms with Gasteiger partial charge in [-0.15, -0.1) is 0 Å². The number of hydrogen-bond acceptors (Lipinski definition) is 6. The average Bonchev–Trinajstić information content (AvgIpc) is 3.45. The summed E-state index contributed by atoms with van der Waals surface area (Å²) in [5, 5.41) is 7.37. The van der Waals surface area contributed by atoms with Crippen molar-refractivity contribution in [3.8, 4) is 11.5 Å². The Labute approximate surface area is 181 Å². The minimum atomic E-state index is -3.95. The fraction of sp³-hybridized carbons (Fsp3) is 0.364. The third-order valence-corrected chi connectivity index (χ3v) is 8.04. The summed E-state index contributed by atoms with van der Waals surface area (Å²) in [6.07, 6.45) is 1.71. The van der Waals surface area contributed by atoms with Crippen LogP contribution in [0.1, 0.15) is 32.7 Å². The van der Waals surface area contributed by atoms with E-state index in [0.29, 0.717) is 17.3 Å². The smallest absolute Gasteiger partial charge is 0.247 e. The van der Waals surface area contributed by atoms with Gasteiger partial charge in [-0.05, 0) is 51.0 Å². The molecule has 31 heavy (non-hydrogen) atoms. The number of benzene rings is 1. The molecule has 0 unspecified atom stereocenters. The molecule has 1 saturated heterocycles. The van der Waals surface area contributed by atoms with Crippen LogP contribution in [0.25, 0.3) is 11.5 Å². The molecule has 9 heteroatoms. The molecule has 3 heterocycles. The van der Waals surface area contributed by atoms with Gasteiger partial charge in [-0.25, -0.2) is 13.1 Å². The molecular weight excluding hydrogens is 418 g/mol. The van der Waals surface area contributed by atoms with Gasteiger partial charge in [0, 0.05) is 25.3 Å². The highest BCUT2D eigenvalue weighted by Crippen LogP contribution is 2.36. The van der Waals surface area contributed by atoms with Gasteiger partial charge in [-0.1, -0.05) is 18.2 Å². The van der Waals surface area contributed by atoms with Crippen molar-refractivity contribution in [2.45, 2.75) is 42.4 Å². The van der Waals surface area contributed by atoms with Crippen molar-refractivity contribution in [3.05, 3.63) is 54.8 Å². The first-order valence-electron chi connectivity index (χ1n) is 10.2. The molecule has 3 aromatic rings. The standard InChI is InChI=1S/C22H25N3O5S/c1-16(2)25-20(15-18(24-25)19-9-6-12-30-19)23-21(26)22(10-13-29-14-11-22)31(27,28)17-7-4-3-5-8-17/h3-9,12,15-16H,10-11,13-14H2,1-2H3,(H,23,26). The summed E-state index contributed by atoms with van der Waals surface area (Å²) >= 11 is 0. The molecule has 1 fully saturated rings. The molecule has 0 atom stereocenters. The molecule has 0 bridgehead atoms. The zero-order chi connectivity index (χ0) is 22.1. The molecule has 2 aromatic heterocycles. The number of aromatic nitrogens is 2. The zero-order valence-electron chi connectivity index (χ0n) is 17.4. The van der Waals surface area contributed by atoms with Crippen LogP contribution in [0.3, 0.4) is 0 Å². The van der Waals surface area contributed by atoms with E-state index in [-0.39, 0.29) is 37.0 Å². The van der Waals surface area contributed by atoms with Crippen LogP contribution in [-0.4, -0.2) is 42.1 Å². The van der Waals surface area contributed by atoms with E-state index in [1.807, 2.05) is 13.8 Å². The first-order valence-corrected chi connectivity index (χ1v) is 11.7. The van der Waals surface area contributed by atoms with Crippen LogP contribution in [0.15, 0.2) is 64.1 Å². The second-order valence-corrected chi connectivity index (χ2v) is 10.1. The molecule has 1 aliphatic heterocycles. The maximum atomic E-state index is 13.6. The highest BCUT2D eigenvalue weighted by atomic mass is 32.2. The van der Waals surface area contributed by atoms with Crippen LogP contribution >= 0.6 is 0 Å². The van der Waals surface area contributed by atoms with Gasteiger partial charge >= 0.3 is 0 Å². The summed E-state index contributed by atoms with van der Waals surface area (Å²) in [6, 6.07) is 13.3. The Hall–Kier alpha value is -2.91. The lowest BCUT2D eigenvalue weighted by Gasteiger charge is -2.35. The third-order valence-electron chi connectivity index (χ3n) is 5.52. The minimum Gasteiger partial charge on any atom is -0.463 e. The molecule has 4 rings (SSSR count). The molecule has 1 aromatic carbocycles. The van der Waals surface area contributed by atoms with Crippen LogP contribution in [0.5, 0.6) is 0 Å². The predicted octanol–water partition coefficient (Wildman–Crippen LogP) is 3.69. The van der Waals surface area contributed by atoms with Crippen molar-refractivity contribution in [3.63, 3.8) is 0 Å². The van der Waals surface area contributed by atoms with Gasteiger partial charge in [0.15, 0.2) is 20.3 Å². The highest BCUT2D eigenvalue weighted by Gasteiger charge is 2.52. The Bertz CT molecular complexity index is 1150. The lowest BCUT2D eigenvalue weighted by molar-refractivity contribution is -0.121. The molecule has 0 aliphatic carbocycles. The van der Waals surface area contributed by atoms with Crippen molar-refractivity contribution in [2.24, 2.45) is 0 Å². The number of ether oxygens (including phenoxy) is 1. The van der Waals surface area contributed by atoms with Gasteiger partial charge in [0.1, 0.15) is 11.5 Å². The highest BCUT2D eigenvalue weighted by molar-refractivity contribution is 7.93. The van der Waals surface area contributed by atoms with Crippen molar-refractivity contribution in [2.75, 3.05) is 18.5 Å². The Morgan fingerprint density at radius 3 is 2.45 bits per heavy atom. The van der Waals surface area contributed by atoms with Crippen LogP contribution in [-0.2, 0) is 19.4 Å². The van der Waals surface area contributed by atoms with E-state index < -0.39 is 20.5 Å². The first-order chi connectivity index (χ1) is 14.8. The number of carbonyl (C=O) groups is 1. The number of anilines is 1. The van der Waals surface area contributed by atoms with E-state index in [1.54, 1.807) is 47.3 Å². The van der Waals surface area contributed by atoms with E-state index in [2.05, 4.69) is 10.4 Å². The third kappa shape index (κ3) is 3.79. The minimum absolute atomic E-state index is 0.0598. The Morgan fingerprint density at radius 2 is 1.84 bits per heavy atom. The molecule has 0 saturated carbocycles. The normalized spacial score (nSPS) is 16.4. The Kier molecular flexibility index (Phi) is 5.72. The van der Waals surface area contributed by atoms with E-state index >= 15 is 0 Å². The Balaban J connectivity index is 1.73. The molecule has 164 valence electrons. The van der Waals surface area contributed by atoms with E-state index in [4.69, 9.17) is 9.15 Å². The maximum Gasteiger partial charge on any atom is 0.247 e. The summed E-state index contributed by atoms with van der Waals surface area (Å²) < 4.78 is 38.0. The summed E-state index contributed by atoms with van der Waals surface area (Å²) in [5.74, 6) is 0.403. The summed E-state index contributed by atoms with van der Waals surface area (Å²) in [4.78, 5) is 13.7. The predicted molar refractivity (Wildman–Crippen MR) is 115 cm³/mol. The summed E-state index contributed by atoms with van der Waals surface area (Å²) in [7, 11) is -3.95. The van der Waals surface area contributed by atoms with Crippen molar-refractivity contribution in [1.29, 1.82) is 0 Å². The molecule has 8 nitrogen and oxygen atoms in total. The fourth-order valence-electron chi connectivity index (χ4n) is 3.80. The fourth-order valence-corrected chi connectivity index (χ4v) is 5.77. The quantitative estimate of drug-likeness (QED) is 0.623. The summed E-state index contributed by atoms with van der Waals surface area (Å²) in [5.41, 5.74) is 0.556. The number of sulfone groups is 1. The average molecular weight is 444 g/mol. The topological polar surface area (TPSA) is 103 Å². The molecular formula is C22H25N3O5S. The number of hydrogen-bond donors (Lipinski definition) is 1. The number of furan rings is 1. The SMILES string of the molecule is CC(C)n1nc(-c2ccco2)cc1NC(=O)C1(S(=O)(=O)c2ccccc2)CCOCC1. The van der Waals surface area contributed by atoms with Crippen molar-refractivity contribution >= 4 is 21.6 Å². The van der Waals surface area contributed by atoms with E-state index in [9.17, 15) is 13.2 Å². The first kappa shape index (κ1) is 21.3. The zero-order valence-corrected chi connectivity index (χ0v) is 18.3. The van der Waals surface area contributed by atoms with Crippen LogP contribution in [0, 0.1) is 0 Å². The number of nitrogens with one attached hydrogen (secondary N) is 1. The van der Waals surface area contributed by atoms with Crippen molar-refractivity contribution < 1.29 is 22.4 Å². The Morgan fingerprint density at radius 1 is 1.13 bits per heavy atom. The molecule has 1 amide bonds. The van der Waals surface area contributed by atoms with Gasteiger partial charge < -0.3 is 14.5 Å². The van der Waals surface area contributed by atoms with Crippen LogP contribution in [0.2, 0.25) is 0 Å². The molecule has 1 N–H and O–H groups in total. The number of nitrogens with zero attached hydrogens (tertiary/aromatic N) is 2. The van der Waals surface area contributed by atoms with Gasteiger partial charge in [0.2, 0.25) is 5.91 Å². The van der Waals surface area contributed by atoms with Gasteiger partial charge in [-0.3, -0.25) is 4.79 Å². The maximum absolute atomic E-state index is 13.6. The monoisotopic (exact) mass is 443 g/mol. The van der Waals surface area contributed by atoms with Crippen molar-refractivity contribution in [1.82, 2.24) is 9.78 Å². The molecule has 1 aliphatic rings. The van der Waals surface area contributed by atoms with Crippen LogP contribution < -0.4 is 5.32 Å². The largest absolute Gasteiger partial charge is 0.463 e. The second kappa shape index (κ2) is 8.32. The van der Waals surface area contributed by atoms with Gasteiger partial charge in [-0.2, -0.15) is 5.10 Å². The lowest BCUT2D eigenvalue weighted by atomic mass is 9.98. The second-order valence-electron chi connectivity index (χ2n) is 7.81. The summed E-state index contributed by atoms with van der Waals surface area (Å²) in [6.45, 7) is 4.25. The van der Waals surface area contributed by atoms with Gasteiger partial charge in [0.25, 0.3) is 0 Å². The lowest BCUT2D eigenvalue weighted by Crippen LogP contribution is -2.53. The number of carbonyl (C=O) groups excluding carboxylic acids is 1. The number of rotatable bonds is 6. The molecule has 0 radical (unpaired) electrons. The van der Waals surface area contributed by atoms with E-state index in [1.165, 1.54) is 12.1 Å². The number of amides is 1. The molecule has 0 spiro atoms. The van der Waals surface area contributed by atoms with E-state index in [0.717, 1.165) is 0 Å². The van der Waals surface area contributed by atoms with Gasteiger partial charge in [0.05, 0.1) is 11.2 Å².